The third-order valence-corrected chi connectivity index (χ3v) is 2.01. The fourth-order valence-electron chi connectivity index (χ4n) is 0.906. The average molecular weight is 195 g/mol. The van der Waals surface area contributed by atoms with Crippen molar-refractivity contribution in [3.63, 3.8) is 0 Å². The second kappa shape index (κ2) is 4.85. The first-order valence-electron chi connectivity index (χ1n) is 3.05. The first-order valence-corrected chi connectivity index (χ1v) is 3.43. The summed E-state index contributed by atoms with van der Waals surface area (Å²) in [6.45, 7) is 3.66. The Labute approximate surface area is 114 Å². The monoisotopic (exact) mass is 194 g/mol. The minimum atomic E-state index is 0. The quantitative estimate of drug-likeness (QED) is 0.488. The van der Waals surface area contributed by atoms with Crippen LogP contribution in [0.5, 0.6) is 5.75 Å². The molecule has 0 aliphatic rings. The first-order chi connectivity index (χ1) is 4.61. The molecule has 54 valence electrons. The molecule has 1 aromatic rings. The van der Waals surface area contributed by atoms with E-state index in [-0.39, 0.29) is 57.1 Å². The van der Waals surface area contributed by atoms with Gasteiger partial charge in [-0.05, 0) is 25.0 Å². The molecule has 1 aromatic carbocycles. The normalized spacial score (nSPS) is 9.00. The summed E-state index contributed by atoms with van der Waals surface area (Å²) in [5, 5.41) is 11.5. The molecule has 11 heavy (non-hydrogen) atoms. The number of benzene rings is 1. The van der Waals surface area contributed by atoms with Gasteiger partial charge in [0.25, 0.3) is 0 Å². The van der Waals surface area contributed by atoms with Crippen molar-refractivity contribution in [3.05, 3.63) is 28.3 Å². The van der Waals surface area contributed by atoms with Crippen LogP contribution in [0.4, 0.5) is 0 Å². The topological polar surface area (TPSA) is 23.1 Å². The molecule has 0 fully saturated rings. The van der Waals surface area contributed by atoms with Crippen molar-refractivity contribution in [2.24, 2.45) is 0 Å². The smallest absolute Gasteiger partial charge is 0.872 e. The van der Waals surface area contributed by atoms with Crippen LogP contribution >= 0.6 is 11.6 Å². The molecular formula is C8H8ClKO. The SMILES string of the molecule is Cc1cc([O-])cc(C)c1Cl.[K+]. The van der Waals surface area contributed by atoms with Crippen molar-refractivity contribution in [2.45, 2.75) is 13.8 Å². The van der Waals surface area contributed by atoms with Gasteiger partial charge in [-0.25, -0.2) is 0 Å². The Morgan fingerprint density at radius 3 is 1.91 bits per heavy atom. The maximum Gasteiger partial charge on any atom is 1.00 e. The molecule has 0 aliphatic carbocycles. The van der Waals surface area contributed by atoms with Crippen LogP contribution in [0, 0.1) is 13.8 Å². The van der Waals surface area contributed by atoms with Crippen LogP contribution in [0.1, 0.15) is 11.1 Å². The van der Waals surface area contributed by atoms with Gasteiger partial charge in [-0.3, -0.25) is 0 Å². The van der Waals surface area contributed by atoms with Crippen molar-refractivity contribution in [3.8, 4) is 5.75 Å². The van der Waals surface area contributed by atoms with E-state index in [1.54, 1.807) is 0 Å². The fraction of sp³-hybridized carbons (Fsp3) is 0.250. The number of hydrogen-bond acceptors (Lipinski definition) is 1. The predicted molar refractivity (Wildman–Crippen MR) is 40.4 cm³/mol. The van der Waals surface area contributed by atoms with Gasteiger partial charge in [0.15, 0.2) is 0 Å². The van der Waals surface area contributed by atoms with Gasteiger partial charge < -0.3 is 5.11 Å². The Hall–Kier alpha value is 0.946. The van der Waals surface area contributed by atoms with Crippen LogP contribution in [0.15, 0.2) is 12.1 Å². The molecule has 1 rings (SSSR count). The van der Waals surface area contributed by atoms with Crippen LogP contribution in [-0.4, -0.2) is 0 Å². The number of hydrogen-bond donors (Lipinski definition) is 0. The van der Waals surface area contributed by atoms with Gasteiger partial charge in [0.2, 0.25) is 0 Å². The van der Waals surface area contributed by atoms with Crippen molar-refractivity contribution in [1.82, 2.24) is 0 Å². The molecule has 3 heteroatoms. The number of aryl methyl sites for hydroxylation is 2. The van der Waals surface area contributed by atoms with Crippen molar-refractivity contribution in [1.29, 1.82) is 0 Å². The molecule has 0 radical (unpaired) electrons. The van der Waals surface area contributed by atoms with Gasteiger partial charge in [0, 0.05) is 5.02 Å². The summed E-state index contributed by atoms with van der Waals surface area (Å²) in [6, 6.07) is 3.07. The van der Waals surface area contributed by atoms with E-state index in [1.807, 2.05) is 13.8 Å². The molecule has 0 amide bonds. The summed E-state index contributed by atoms with van der Waals surface area (Å²) in [5.41, 5.74) is 1.71. The van der Waals surface area contributed by atoms with Crippen LogP contribution < -0.4 is 56.5 Å². The van der Waals surface area contributed by atoms with Crippen molar-refractivity contribution < 1.29 is 56.5 Å². The minimum Gasteiger partial charge on any atom is -0.872 e. The van der Waals surface area contributed by atoms with Gasteiger partial charge in [0.05, 0.1) is 0 Å². The van der Waals surface area contributed by atoms with Gasteiger partial charge >= 0.3 is 51.4 Å². The zero-order valence-corrected chi connectivity index (χ0v) is 10.8. The molecule has 0 aromatic heterocycles. The summed E-state index contributed by atoms with van der Waals surface area (Å²) in [6.07, 6.45) is 0. The fourth-order valence-corrected chi connectivity index (χ4v) is 1.02. The Morgan fingerprint density at radius 2 is 1.55 bits per heavy atom. The number of halogens is 1. The van der Waals surface area contributed by atoms with E-state index in [4.69, 9.17) is 11.6 Å². The zero-order valence-electron chi connectivity index (χ0n) is 6.94. The van der Waals surface area contributed by atoms with E-state index < -0.39 is 0 Å². The Kier molecular flexibility index (Phi) is 5.26. The summed E-state index contributed by atoms with van der Waals surface area (Å²) in [4.78, 5) is 0. The molecule has 0 saturated carbocycles. The van der Waals surface area contributed by atoms with Crippen LogP contribution in [0.3, 0.4) is 0 Å². The molecular weight excluding hydrogens is 187 g/mol. The van der Waals surface area contributed by atoms with Crippen LogP contribution in [0.2, 0.25) is 5.02 Å². The van der Waals surface area contributed by atoms with Crippen molar-refractivity contribution in [2.75, 3.05) is 0 Å². The average Bonchev–Trinajstić information content (AvgIpc) is 1.82. The van der Waals surface area contributed by atoms with Crippen LogP contribution in [0.25, 0.3) is 0 Å². The number of rotatable bonds is 0. The summed E-state index contributed by atoms with van der Waals surface area (Å²) >= 11 is 5.81. The van der Waals surface area contributed by atoms with Crippen LogP contribution in [-0.2, 0) is 0 Å². The second-order valence-electron chi connectivity index (χ2n) is 2.37. The maximum absolute atomic E-state index is 10.8. The molecule has 1 nitrogen and oxygen atoms in total. The molecule has 0 N–H and O–H groups in total. The zero-order chi connectivity index (χ0) is 7.72. The van der Waals surface area contributed by atoms with Crippen molar-refractivity contribution >= 4 is 11.6 Å². The molecule has 0 atom stereocenters. The summed E-state index contributed by atoms with van der Waals surface area (Å²) in [7, 11) is 0. The largest absolute Gasteiger partial charge is 1.00 e. The Balaban J connectivity index is 0.000001000. The summed E-state index contributed by atoms with van der Waals surface area (Å²) in [5.74, 6) is 0.0272. The van der Waals surface area contributed by atoms with E-state index in [0.29, 0.717) is 5.02 Å². The standard InChI is InChI=1S/C8H9ClO.K/c1-5-3-7(10)4-6(2)8(5)9;/h3-4,10H,1-2H3;/q;+1/p-1. The van der Waals surface area contributed by atoms with E-state index in [1.165, 1.54) is 12.1 Å². The van der Waals surface area contributed by atoms with Gasteiger partial charge in [0.1, 0.15) is 0 Å². The second-order valence-corrected chi connectivity index (χ2v) is 2.75. The minimum absolute atomic E-state index is 0. The van der Waals surface area contributed by atoms with E-state index in [0.717, 1.165) is 11.1 Å². The molecule has 0 heterocycles. The molecule has 0 unspecified atom stereocenters. The molecule has 0 aliphatic heterocycles. The Bertz CT molecular complexity index is 237. The summed E-state index contributed by atoms with van der Waals surface area (Å²) < 4.78 is 0. The third kappa shape index (κ3) is 3.05. The van der Waals surface area contributed by atoms with Gasteiger partial charge in [-0.15, -0.1) is 5.75 Å². The van der Waals surface area contributed by atoms with Gasteiger partial charge in [-0.1, -0.05) is 23.7 Å². The molecule has 0 bridgehead atoms. The molecule has 0 spiro atoms. The Morgan fingerprint density at radius 1 is 1.18 bits per heavy atom. The van der Waals surface area contributed by atoms with Gasteiger partial charge in [-0.2, -0.15) is 0 Å². The predicted octanol–water partition coefficient (Wildman–Crippen LogP) is -0.966. The van der Waals surface area contributed by atoms with E-state index >= 15 is 0 Å². The maximum atomic E-state index is 10.8. The first kappa shape index (κ1) is 11.9. The van der Waals surface area contributed by atoms with E-state index in [2.05, 4.69) is 0 Å². The third-order valence-electron chi connectivity index (χ3n) is 1.41. The molecule has 0 saturated heterocycles. The van der Waals surface area contributed by atoms with E-state index in [9.17, 15) is 5.11 Å².